The molecule has 4 rings (SSSR count). The molecule has 1 N–H and O–H groups in total. The van der Waals surface area contributed by atoms with Crippen molar-refractivity contribution in [3.8, 4) is 11.3 Å². The van der Waals surface area contributed by atoms with Gasteiger partial charge in [0.2, 0.25) is 0 Å². The SMILES string of the molecule is O=C(O)CCCCc1nc2cc(C(=O)[AsH][C@@H](c3ccc(F)cc3)C(F)(F)F)ccc2nc1-c1ccc(Cl)cc1. The minimum atomic E-state index is -4.65. The summed E-state index contributed by atoms with van der Waals surface area (Å²) in [5, 5.41) is 9.48. The van der Waals surface area contributed by atoms with Gasteiger partial charge in [-0.15, -0.1) is 0 Å². The molecular weight excluding hydrogens is 599 g/mol. The number of carboxylic acids is 1. The number of hydrogen-bond acceptors (Lipinski definition) is 4. The number of aryl methyl sites for hydroxylation is 1. The first-order valence-electron chi connectivity index (χ1n) is 11.9. The Hall–Kier alpha value is -3.29. The van der Waals surface area contributed by atoms with Gasteiger partial charge in [0.15, 0.2) is 0 Å². The Morgan fingerprint density at radius 2 is 1.62 bits per heavy atom. The number of carboxylic acid groups (broad SMARTS) is 1. The normalized spacial score (nSPS) is 12.7. The van der Waals surface area contributed by atoms with E-state index >= 15 is 0 Å². The number of rotatable bonds is 10. The molecule has 0 amide bonds. The van der Waals surface area contributed by atoms with E-state index in [0.29, 0.717) is 46.7 Å². The number of aliphatic carboxylic acids is 1. The minimum absolute atomic E-state index is 0.00846. The van der Waals surface area contributed by atoms with Crippen LogP contribution < -0.4 is 0 Å². The molecule has 0 saturated heterocycles. The van der Waals surface area contributed by atoms with Crippen LogP contribution >= 0.6 is 11.6 Å². The van der Waals surface area contributed by atoms with Crippen LogP contribution in [0.2, 0.25) is 5.02 Å². The summed E-state index contributed by atoms with van der Waals surface area (Å²) in [4.78, 5) is 33.3. The standard InChI is InChI=1S/C28H22AsClF4N2O3/c30-19-10-5-16(6-11-19)25-22(3-1-2-4-24(37)38)35-23-15-18(9-14-21(23)36-25)27(39)29-26(28(32,33)34)17-7-12-20(31)13-8-17/h5-15,26,29H,1-4H2,(H,37,38)/t26-/m0/s1. The first kappa shape index (κ1) is 28.7. The summed E-state index contributed by atoms with van der Waals surface area (Å²) in [5.41, 5.74) is 2.67. The third kappa shape index (κ3) is 7.43. The van der Waals surface area contributed by atoms with E-state index in [1.165, 1.54) is 12.1 Å². The number of nitrogens with zero attached hydrogens (tertiary/aromatic N) is 2. The summed E-state index contributed by atoms with van der Waals surface area (Å²) in [6.45, 7) is 0. The zero-order valence-electron chi connectivity index (χ0n) is 20.3. The van der Waals surface area contributed by atoms with Crippen LogP contribution in [0.25, 0.3) is 22.3 Å². The van der Waals surface area contributed by atoms with Gasteiger partial charge in [-0.25, -0.2) is 0 Å². The molecule has 0 aliphatic carbocycles. The predicted octanol–water partition coefficient (Wildman–Crippen LogP) is 6.77. The molecule has 5 nitrogen and oxygen atoms in total. The van der Waals surface area contributed by atoms with Crippen molar-refractivity contribution < 1.29 is 32.3 Å². The molecular formula is C28H22AsClF4N2O3. The fourth-order valence-electron chi connectivity index (χ4n) is 4.04. The van der Waals surface area contributed by atoms with Crippen LogP contribution in [0.5, 0.6) is 0 Å². The van der Waals surface area contributed by atoms with Gasteiger partial charge in [0.1, 0.15) is 0 Å². The number of aromatic nitrogens is 2. The molecule has 4 aromatic rings. The third-order valence-electron chi connectivity index (χ3n) is 5.98. The first-order chi connectivity index (χ1) is 18.5. The van der Waals surface area contributed by atoms with E-state index in [-0.39, 0.29) is 17.5 Å². The Labute approximate surface area is 232 Å². The second kappa shape index (κ2) is 12.3. The molecule has 0 aliphatic rings. The summed E-state index contributed by atoms with van der Waals surface area (Å²) in [5.74, 6) is -1.56. The Morgan fingerprint density at radius 3 is 2.26 bits per heavy atom. The summed E-state index contributed by atoms with van der Waals surface area (Å²) >= 11 is 3.75. The maximum atomic E-state index is 13.8. The summed E-state index contributed by atoms with van der Waals surface area (Å²) in [7, 11) is 0. The van der Waals surface area contributed by atoms with Crippen LogP contribution in [0.1, 0.15) is 45.6 Å². The predicted molar refractivity (Wildman–Crippen MR) is 142 cm³/mol. The number of carbonyl (C=O) groups excluding carboxylic acids is 1. The van der Waals surface area contributed by atoms with Gasteiger partial charge in [-0.2, -0.15) is 0 Å². The van der Waals surface area contributed by atoms with E-state index in [0.717, 1.165) is 29.8 Å². The van der Waals surface area contributed by atoms with E-state index in [1.807, 2.05) is 0 Å². The van der Waals surface area contributed by atoms with Crippen LogP contribution in [0, 0.1) is 5.82 Å². The van der Waals surface area contributed by atoms with Gasteiger partial charge < -0.3 is 0 Å². The molecule has 0 spiro atoms. The molecule has 0 saturated carbocycles. The Morgan fingerprint density at radius 1 is 0.923 bits per heavy atom. The fraction of sp³-hybridized carbons (Fsp3) is 0.214. The molecule has 0 bridgehead atoms. The number of fused-ring (bicyclic) bond motifs is 1. The van der Waals surface area contributed by atoms with Crippen LogP contribution in [-0.2, 0) is 11.2 Å². The van der Waals surface area contributed by atoms with Crippen molar-refractivity contribution in [3.05, 3.63) is 94.4 Å². The van der Waals surface area contributed by atoms with E-state index in [2.05, 4.69) is 4.98 Å². The second-order valence-electron chi connectivity index (χ2n) is 8.83. The average molecular weight is 621 g/mol. The molecule has 202 valence electrons. The van der Waals surface area contributed by atoms with Gasteiger partial charge in [-0.05, 0) is 0 Å². The van der Waals surface area contributed by atoms with Gasteiger partial charge in [-0.1, -0.05) is 0 Å². The monoisotopic (exact) mass is 620 g/mol. The molecule has 2 atom stereocenters. The van der Waals surface area contributed by atoms with Crippen LogP contribution in [0.4, 0.5) is 17.6 Å². The Balaban J connectivity index is 1.66. The summed E-state index contributed by atoms with van der Waals surface area (Å²) in [6.07, 6.45) is -3.26. The topological polar surface area (TPSA) is 80.1 Å². The molecule has 0 fully saturated rings. The fourth-order valence-corrected chi connectivity index (χ4v) is 6.49. The Bertz CT molecular complexity index is 1500. The molecule has 11 heteroatoms. The van der Waals surface area contributed by atoms with E-state index in [4.69, 9.17) is 21.7 Å². The zero-order chi connectivity index (χ0) is 28.2. The molecule has 3 aromatic carbocycles. The maximum absolute atomic E-state index is 13.8. The number of alkyl halides is 3. The number of halogens is 5. The van der Waals surface area contributed by atoms with Crippen molar-refractivity contribution in [3.63, 3.8) is 0 Å². The van der Waals surface area contributed by atoms with Crippen LogP contribution in [-0.4, -0.2) is 47.5 Å². The summed E-state index contributed by atoms with van der Waals surface area (Å²) in [6, 6.07) is 15.5. The van der Waals surface area contributed by atoms with Crippen molar-refractivity contribution >= 4 is 48.9 Å². The van der Waals surface area contributed by atoms with E-state index in [9.17, 15) is 27.2 Å². The van der Waals surface area contributed by atoms with Gasteiger partial charge in [0.25, 0.3) is 0 Å². The molecule has 1 heterocycles. The molecule has 0 radical (unpaired) electrons. The van der Waals surface area contributed by atoms with Crippen molar-refractivity contribution in [1.29, 1.82) is 0 Å². The number of benzene rings is 3. The Kier molecular flexibility index (Phi) is 9.03. The zero-order valence-corrected chi connectivity index (χ0v) is 23.2. The second-order valence-corrected chi connectivity index (χ2v) is 12.0. The molecule has 1 unspecified atom stereocenters. The number of unbranched alkanes of at least 4 members (excludes halogenated alkanes) is 1. The van der Waals surface area contributed by atoms with Crippen molar-refractivity contribution in [2.24, 2.45) is 0 Å². The van der Waals surface area contributed by atoms with Gasteiger partial charge in [0, 0.05) is 0 Å². The van der Waals surface area contributed by atoms with Gasteiger partial charge >= 0.3 is 233 Å². The van der Waals surface area contributed by atoms with Crippen molar-refractivity contribution in [1.82, 2.24) is 9.97 Å². The average Bonchev–Trinajstić information content (AvgIpc) is 2.89. The number of hydrogen-bond donors (Lipinski definition) is 1. The van der Waals surface area contributed by atoms with Gasteiger partial charge in [-0.3, -0.25) is 0 Å². The van der Waals surface area contributed by atoms with Crippen molar-refractivity contribution in [2.45, 2.75) is 36.6 Å². The molecule has 39 heavy (non-hydrogen) atoms. The van der Waals surface area contributed by atoms with E-state index in [1.54, 1.807) is 30.3 Å². The van der Waals surface area contributed by atoms with Crippen LogP contribution in [0.3, 0.4) is 0 Å². The third-order valence-corrected chi connectivity index (χ3v) is 9.38. The van der Waals surface area contributed by atoms with Crippen molar-refractivity contribution in [2.75, 3.05) is 0 Å². The van der Waals surface area contributed by atoms with Gasteiger partial charge in [0.05, 0.1) is 0 Å². The molecule has 1 aromatic heterocycles. The van der Waals surface area contributed by atoms with Crippen LogP contribution in [0.15, 0.2) is 66.7 Å². The number of carbonyl (C=O) groups is 2. The summed E-state index contributed by atoms with van der Waals surface area (Å²) < 4.78 is 52.2. The quantitative estimate of drug-likeness (QED) is 0.120. The first-order valence-corrected chi connectivity index (χ1v) is 14.6. The molecule has 0 aliphatic heterocycles. The van der Waals surface area contributed by atoms with E-state index < -0.39 is 43.0 Å².